The van der Waals surface area contributed by atoms with Gasteiger partial charge in [0, 0.05) is 40.5 Å². The van der Waals surface area contributed by atoms with Crippen LogP contribution in [0.2, 0.25) is 10.0 Å². The fraction of sp³-hybridized carbons (Fsp3) is 0.176. The highest BCUT2D eigenvalue weighted by Gasteiger charge is 2.35. The molecule has 1 N–H and O–H groups in total. The number of halogens is 4. The van der Waals surface area contributed by atoms with E-state index in [1.54, 1.807) is 18.2 Å². The molecule has 1 fully saturated rings. The molecule has 2 amide bonds. The molecule has 1 unspecified atom stereocenters. The molecule has 0 radical (unpaired) electrons. The molecule has 2 aromatic carbocycles. The van der Waals surface area contributed by atoms with Gasteiger partial charge in [0.05, 0.1) is 5.92 Å². The highest BCUT2D eigenvalue weighted by Crippen LogP contribution is 2.30. The Labute approximate surface area is 152 Å². The van der Waals surface area contributed by atoms with E-state index >= 15 is 0 Å². The maximum Gasteiger partial charge on any atom is 0.229 e. The van der Waals surface area contributed by atoms with Crippen LogP contribution >= 0.6 is 23.2 Å². The molecule has 3 rings (SSSR count). The fourth-order valence-corrected chi connectivity index (χ4v) is 3.16. The standard InChI is InChI=1S/C17H12Cl2F2N2O2/c18-10-4-11(19)6-13(5-10)23-8-9(3-16(23)24)17(25)22-12-1-2-14(20)15(21)7-12/h1-2,4-7,9H,3,8H2,(H,22,25). The van der Waals surface area contributed by atoms with Gasteiger partial charge in [0.25, 0.3) is 0 Å². The van der Waals surface area contributed by atoms with E-state index in [4.69, 9.17) is 23.2 Å². The Morgan fingerprint density at radius 3 is 2.40 bits per heavy atom. The second kappa shape index (κ2) is 6.98. The van der Waals surface area contributed by atoms with E-state index in [-0.39, 0.29) is 24.6 Å². The van der Waals surface area contributed by atoms with Crippen LogP contribution < -0.4 is 10.2 Å². The van der Waals surface area contributed by atoms with Gasteiger partial charge in [-0.2, -0.15) is 0 Å². The second-order valence-corrected chi connectivity index (χ2v) is 6.52. The van der Waals surface area contributed by atoms with Gasteiger partial charge >= 0.3 is 0 Å². The maximum absolute atomic E-state index is 13.2. The number of carbonyl (C=O) groups is 2. The molecular formula is C17H12Cl2F2N2O2. The van der Waals surface area contributed by atoms with Crippen LogP contribution in [0.3, 0.4) is 0 Å². The first-order chi connectivity index (χ1) is 11.8. The lowest BCUT2D eigenvalue weighted by Gasteiger charge is -2.17. The van der Waals surface area contributed by atoms with Gasteiger partial charge in [-0.05, 0) is 30.3 Å². The molecular weight excluding hydrogens is 373 g/mol. The zero-order valence-corrected chi connectivity index (χ0v) is 14.2. The lowest BCUT2D eigenvalue weighted by molar-refractivity contribution is -0.122. The van der Waals surface area contributed by atoms with Crippen molar-refractivity contribution in [2.75, 3.05) is 16.8 Å². The van der Waals surface area contributed by atoms with E-state index in [1.807, 2.05) is 0 Å². The van der Waals surface area contributed by atoms with Gasteiger partial charge in [0.2, 0.25) is 11.8 Å². The van der Waals surface area contributed by atoms with Gasteiger partial charge < -0.3 is 10.2 Å². The van der Waals surface area contributed by atoms with E-state index in [9.17, 15) is 18.4 Å². The Balaban J connectivity index is 1.73. The summed E-state index contributed by atoms with van der Waals surface area (Å²) in [4.78, 5) is 25.9. The van der Waals surface area contributed by atoms with Crippen molar-refractivity contribution in [2.45, 2.75) is 6.42 Å². The van der Waals surface area contributed by atoms with Gasteiger partial charge in [0.15, 0.2) is 11.6 Å². The molecule has 0 aromatic heterocycles. The molecule has 2 aromatic rings. The third-order valence-electron chi connectivity index (χ3n) is 3.84. The minimum absolute atomic E-state index is 0.000355. The number of hydrogen-bond donors (Lipinski definition) is 1. The molecule has 1 atom stereocenters. The van der Waals surface area contributed by atoms with Crippen LogP contribution in [0, 0.1) is 17.6 Å². The van der Waals surface area contributed by atoms with Crippen molar-refractivity contribution >= 4 is 46.4 Å². The number of nitrogens with zero attached hydrogens (tertiary/aromatic N) is 1. The van der Waals surface area contributed by atoms with Crippen molar-refractivity contribution < 1.29 is 18.4 Å². The number of rotatable bonds is 3. The van der Waals surface area contributed by atoms with Crippen LogP contribution in [-0.2, 0) is 9.59 Å². The lowest BCUT2D eigenvalue weighted by Crippen LogP contribution is -2.28. The molecule has 1 aliphatic heterocycles. The Bertz CT molecular complexity index is 840. The number of hydrogen-bond acceptors (Lipinski definition) is 2. The first kappa shape index (κ1) is 17.6. The number of amides is 2. The molecule has 130 valence electrons. The molecule has 1 aliphatic rings. The average Bonchev–Trinajstić information content (AvgIpc) is 2.92. The number of anilines is 2. The van der Waals surface area contributed by atoms with Crippen LogP contribution in [0.1, 0.15) is 6.42 Å². The van der Waals surface area contributed by atoms with Crippen molar-refractivity contribution in [1.29, 1.82) is 0 Å². The summed E-state index contributed by atoms with van der Waals surface area (Å²) in [6, 6.07) is 7.77. The Kier molecular flexibility index (Phi) is 4.92. The predicted octanol–water partition coefficient (Wildman–Crippen LogP) is 4.26. The van der Waals surface area contributed by atoms with Gasteiger partial charge in [-0.25, -0.2) is 8.78 Å². The topological polar surface area (TPSA) is 49.4 Å². The summed E-state index contributed by atoms with van der Waals surface area (Å²) in [5.74, 6) is -3.38. The van der Waals surface area contributed by atoms with Crippen molar-refractivity contribution in [3.8, 4) is 0 Å². The van der Waals surface area contributed by atoms with E-state index in [0.29, 0.717) is 15.7 Å². The second-order valence-electron chi connectivity index (χ2n) is 5.65. The van der Waals surface area contributed by atoms with Gasteiger partial charge in [-0.1, -0.05) is 23.2 Å². The monoisotopic (exact) mass is 384 g/mol. The quantitative estimate of drug-likeness (QED) is 0.858. The van der Waals surface area contributed by atoms with Gasteiger partial charge in [0.1, 0.15) is 0 Å². The summed E-state index contributed by atoms with van der Waals surface area (Å²) >= 11 is 11.9. The summed E-state index contributed by atoms with van der Waals surface area (Å²) in [5.41, 5.74) is 0.631. The van der Waals surface area contributed by atoms with E-state index < -0.39 is 23.5 Å². The minimum Gasteiger partial charge on any atom is -0.326 e. The molecule has 25 heavy (non-hydrogen) atoms. The first-order valence-electron chi connectivity index (χ1n) is 7.36. The van der Waals surface area contributed by atoms with Crippen LogP contribution in [0.25, 0.3) is 0 Å². The van der Waals surface area contributed by atoms with Gasteiger partial charge in [-0.15, -0.1) is 0 Å². The number of carbonyl (C=O) groups excluding carboxylic acids is 2. The molecule has 0 spiro atoms. The number of nitrogens with one attached hydrogen (secondary N) is 1. The van der Waals surface area contributed by atoms with Crippen LogP contribution in [0.15, 0.2) is 36.4 Å². The Morgan fingerprint density at radius 1 is 1.08 bits per heavy atom. The molecule has 0 aliphatic carbocycles. The van der Waals surface area contributed by atoms with Crippen LogP contribution in [0.5, 0.6) is 0 Å². The zero-order valence-electron chi connectivity index (χ0n) is 12.7. The summed E-state index contributed by atoms with van der Waals surface area (Å²) < 4.78 is 26.1. The maximum atomic E-state index is 13.2. The average molecular weight is 385 g/mol. The first-order valence-corrected chi connectivity index (χ1v) is 8.11. The van der Waals surface area contributed by atoms with Crippen molar-refractivity contribution in [3.05, 3.63) is 58.1 Å². The van der Waals surface area contributed by atoms with Crippen LogP contribution in [0.4, 0.5) is 20.2 Å². The largest absolute Gasteiger partial charge is 0.326 e. The highest BCUT2D eigenvalue weighted by atomic mass is 35.5. The molecule has 1 heterocycles. The smallest absolute Gasteiger partial charge is 0.229 e. The van der Waals surface area contributed by atoms with Crippen molar-refractivity contribution in [2.24, 2.45) is 5.92 Å². The van der Waals surface area contributed by atoms with E-state index in [0.717, 1.165) is 12.1 Å². The molecule has 4 nitrogen and oxygen atoms in total. The summed E-state index contributed by atoms with van der Waals surface area (Å²) in [6.07, 6.45) is -0.000355. The molecule has 1 saturated heterocycles. The van der Waals surface area contributed by atoms with Gasteiger partial charge in [-0.3, -0.25) is 9.59 Å². The van der Waals surface area contributed by atoms with Crippen molar-refractivity contribution in [1.82, 2.24) is 0 Å². The third-order valence-corrected chi connectivity index (χ3v) is 4.28. The summed E-state index contributed by atoms with van der Waals surface area (Å²) in [5, 5.41) is 3.25. The fourth-order valence-electron chi connectivity index (χ4n) is 2.65. The molecule has 0 saturated carbocycles. The third kappa shape index (κ3) is 3.91. The molecule has 0 bridgehead atoms. The Morgan fingerprint density at radius 2 is 1.76 bits per heavy atom. The number of benzene rings is 2. The van der Waals surface area contributed by atoms with Crippen molar-refractivity contribution in [3.63, 3.8) is 0 Å². The minimum atomic E-state index is -1.06. The lowest BCUT2D eigenvalue weighted by atomic mass is 10.1. The SMILES string of the molecule is O=C(Nc1ccc(F)c(F)c1)C1CC(=O)N(c2cc(Cl)cc(Cl)c2)C1. The normalized spacial score (nSPS) is 17.0. The summed E-state index contributed by atoms with van der Waals surface area (Å²) in [7, 11) is 0. The van der Waals surface area contributed by atoms with E-state index in [2.05, 4.69) is 5.32 Å². The van der Waals surface area contributed by atoms with E-state index in [1.165, 1.54) is 11.0 Å². The Hall–Kier alpha value is -2.18. The molecule has 8 heteroatoms. The highest BCUT2D eigenvalue weighted by molar-refractivity contribution is 6.35. The van der Waals surface area contributed by atoms with Crippen LogP contribution in [-0.4, -0.2) is 18.4 Å². The summed E-state index contributed by atoms with van der Waals surface area (Å²) in [6.45, 7) is 0.144. The zero-order chi connectivity index (χ0) is 18.1. The predicted molar refractivity (Wildman–Crippen MR) is 91.9 cm³/mol.